The molecule has 0 aromatic carbocycles. The molecule has 1 aromatic rings. The van der Waals surface area contributed by atoms with Gasteiger partial charge in [0.1, 0.15) is 0 Å². The van der Waals surface area contributed by atoms with Gasteiger partial charge in [-0.1, -0.05) is 27.2 Å². The van der Waals surface area contributed by atoms with Gasteiger partial charge in [-0.05, 0) is 39.9 Å². The Bertz CT molecular complexity index is 250. The van der Waals surface area contributed by atoms with E-state index in [0.717, 1.165) is 0 Å². The fourth-order valence-corrected chi connectivity index (χ4v) is 2.94. The highest BCUT2D eigenvalue weighted by Gasteiger charge is 2.20. The monoisotopic (exact) mass is 246 g/mol. The molecule has 0 atom stereocenters. The molecule has 0 radical (unpaired) electrons. The van der Waals surface area contributed by atoms with Gasteiger partial charge >= 0.3 is 0 Å². The van der Waals surface area contributed by atoms with Gasteiger partial charge in [0.2, 0.25) is 0 Å². The molecule has 1 aromatic heterocycles. The second kappa shape index (κ2) is 3.93. The normalized spacial score (nSPS) is 12.0. The summed E-state index contributed by atoms with van der Waals surface area (Å²) in [5.41, 5.74) is 0.353. The molecule has 1 rings (SSSR count). The first-order valence-electron chi connectivity index (χ1n) is 4.32. The van der Waals surface area contributed by atoms with Crippen LogP contribution in [-0.2, 0) is 5.41 Å². The van der Waals surface area contributed by atoms with Gasteiger partial charge in [0.25, 0.3) is 0 Å². The average Bonchev–Trinajstić information content (AvgIpc) is 2.36. The SMILES string of the molecule is CCCC(C)(C)c1ccc(Br)s1. The topological polar surface area (TPSA) is 0 Å². The van der Waals surface area contributed by atoms with Crippen molar-refractivity contribution in [1.82, 2.24) is 0 Å². The first-order chi connectivity index (χ1) is 5.56. The van der Waals surface area contributed by atoms with Crippen LogP contribution in [0.1, 0.15) is 38.5 Å². The van der Waals surface area contributed by atoms with E-state index in [4.69, 9.17) is 0 Å². The van der Waals surface area contributed by atoms with E-state index in [0.29, 0.717) is 5.41 Å². The molecule has 0 nitrogen and oxygen atoms in total. The molecule has 0 aliphatic rings. The molecule has 0 N–H and O–H groups in total. The van der Waals surface area contributed by atoms with E-state index in [1.807, 2.05) is 11.3 Å². The Kier molecular flexibility index (Phi) is 3.36. The Morgan fingerprint density at radius 1 is 1.42 bits per heavy atom. The Labute approximate surface area is 87.1 Å². The van der Waals surface area contributed by atoms with Gasteiger partial charge in [-0.15, -0.1) is 11.3 Å². The number of hydrogen-bond donors (Lipinski definition) is 0. The molecule has 0 spiro atoms. The Morgan fingerprint density at radius 3 is 2.50 bits per heavy atom. The van der Waals surface area contributed by atoms with Gasteiger partial charge in [0.05, 0.1) is 3.79 Å². The second-order valence-electron chi connectivity index (χ2n) is 3.74. The molecule has 1 heterocycles. The largest absolute Gasteiger partial charge is 0.133 e. The van der Waals surface area contributed by atoms with E-state index < -0.39 is 0 Å². The van der Waals surface area contributed by atoms with Gasteiger partial charge in [-0.3, -0.25) is 0 Å². The molecule has 0 amide bonds. The molecule has 0 saturated heterocycles. The molecular weight excluding hydrogens is 232 g/mol. The van der Waals surface area contributed by atoms with Crippen molar-refractivity contribution < 1.29 is 0 Å². The highest BCUT2D eigenvalue weighted by atomic mass is 79.9. The fraction of sp³-hybridized carbons (Fsp3) is 0.600. The molecule has 0 fully saturated rings. The lowest BCUT2D eigenvalue weighted by Crippen LogP contribution is -2.14. The van der Waals surface area contributed by atoms with Gasteiger partial charge in [0, 0.05) is 4.88 Å². The maximum atomic E-state index is 3.49. The molecule has 0 unspecified atom stereocenters. The molecule has 0 aliphatic carbocycles. The van der Waals surface area contributed by atoms with Crippen LogP contribution in [-0.4, -0.2) is 0 Å². The minimum Gasteiger partial charge on any atom is -0.133 e. The van der Waals surface area contributed by atoms with Crippen molar-refractivity contribution in [2.45, 2.75) is 39.0 Å². The van der Waals surface area contributed by atoms with E-state index in [9.17, 15) is 0 Å². The van der Waals surface area contributed by atoms with E-state index in [2.05, 4.69) is 48.8 Å². The lowest BCUT2D eigenvalue weighted by molar-refractivity contribution is 0.482. The number of thiophene rings is 1. The zero-order valence-corrected chi connectivity index (χ0v) is 10.3. The highest BCUT2D eigenvalue weighted by molar-refractivity contribution is 9.11. The Morgan fingerprint density at radius 2 is 2.08 bits per heavy atom. The van der Waals surface area contributed by atoms with Crippen LogP contribution in [0.25, 0.3) is 0 Å². The molecule has 2 heteroatoms. The van der Waals surface area contributed by atoms with Crippen LogP contribution in [0.2, 0.25) is 0 Å². The summed E-state index contributed by atoms with van der Waals surface area (Å²) in [5, 5.41) is 0. The third-order valence-electron chi connectivity index (χ3n) is 2.12. The van der Waals surface area contributed by atoms with Gasteiger partial charge in [0.15, 0.2) is 0 Å². The summed E-state index contributed by atoms with van der Waals surface area (Å²) < 4.78 is 1.24. The quantitative estimate of drug-likeness (QED) is 0.732. The zero-order valence-electron chi connectivity index (χ0n) is 7.86. The minimum absolute atomic E-state index is 0.353. The molecule has 0 saturated carbocycles. The molecule has 68 valence electrons. The third kappa shape index (κ3) is 2.33. The lowest BCUT2D eigenvalue weighted by Gasteiger charge is -2.21. The van der Waals surface area contributed by atoms with Crippen molar-refractivity contribution in [3.8, 4) is 0 Å². The van der Waals surface area contributed by atoms with Crippen molar-refractivity contribution in [2.75, 3.05) is 0 Å². The summed E-state index contributed by atoms with van der Waals surface area (Å²) >= 11 is 5.35. The minimum atomic E-state index is 0.353. The fourth-order valence-electron chi connectivity index (χ4n) is 1.43. The molecule has 0 aliphatic heterocycles. The summed E-state index contributed by atoms with van der Waals surface area (Å²) in [6.45, 7) is 6.87. The summed E-state index contributed by atoms with van der Waals surface area (Å²) in [5.74, 6) is 0. The predicted molar refractivity (Wildman–Crippen MR) is 60.0 cm³/mol. The van der Waals surface area contributed by atoms with Crippen LogP contribution in [0, 0.1) is 0 Å². The van der Waals surface area contributed by atoms with Gasteiger partial charge in [-0.2, -0.15) is 0 Å². The van der Waals surface area contributed by atoms with Crippen LogP contribution in [0.4, 0.5) is 0 Å². The standard InChI is InChI=1S/C10H15BrS/c1-4-7-10(2,3)8-5-6-9(11)12-8/h5-6H,4,7H2,1-3H3. The van der Waals surface area contributed by atoms with E-state index in [-0.39, 0.29) is 0 Å². The first-order valence-corrected chi connectivity index (χ1v) is 5.93. The smallest absolute Gasteiger partial charge is 0.0701 e. The summed E-state index contributed by atoms with van der Waals surface area (Å²) in [7, 11) is 0. The van der Waals surface area contributed by atoms with Crippen molar-refractivity contribution in [3.63, 3.8) is 0 Å². The van der Waals surface area contributed by atoms with E-state index in [1.54, 1.807) is 0 Å². The van der Waals surface area contributed by atoms with Crippen LogP contribution in [0.5, 0.6) is 0 Å². The van der Waals surface area contributed by atoms with E-state index in [1.165, 1.54) is 21.5 Å². The Hall–Kier alpha value is 0.180. The summed E-state index contributed by atoms with van der Waals surface area (Å²) in [6, 6.07) is 4.36. The summed E-state index contributed by atoms with van der Waals surface area (Å²) in [6.07, 6.45) is 2.52. The highest BCUT2D eigenvalue weighted by Crippen LogP contribution is 2.35. The number of hydrogen-bond acceptors (Lipinski definition) is 1. The first kappa shape index (κ1) is 10.3. The van der Waals surface area contributed by atoms with Crippen molar-refractivity contribution >= 4 is 27.3 Å². The van der Waals surface area contributed by atoms with Crippen molar-refractivity contribution in [3.05, 3.63) is 20.8 Å². The molecule has 12 heavy (non-hydrogen) atoms. The van der Waals surface area contributed by atoms with Crippen LogP contribution >= 0.6 is 27.3 Å². The molecular formula is C10H15BrS. The van der Waals surface area contributed by atoms with E-state index >= 15 is 0 Å². The lowest BCUT2D eigenvalue weighted by atomic mass is 9.86. The average molecular weight is 247 g/mol. The van der Waals surface area contributed by atoms with Crippen molar-refractivity contribution in [2.24, 2.45) is 0 Å². The van der Waals surface area contributed by atoms with Crippen molar-refractivity contribution in [1.29, 1.82) is 0 Å². The number of halogens is 1. The van der Waals surface area contributed by atoms with Gasteiger partial charge in [-0.25, -0.2) is 0 Å². The maximum absolute atomic E-state index is 3.49. The second-order valence-corrected chi connectivity index (χ2v) is 6.20. The maximum Gasteiger partial charge on any atom is 0.0701 e. The number of rotatable bonds is 3. The predicted octanol–water partition coefficient (Wildman–Crippen LogP) is 4.59. The van der Waals surface area contributed by atoms with Crippen LogP contribution in [0.15, 0.2) is 15.9 Å². The van der Waals surface area contributed by atoms with Crippen LogP contribution < -0.4 is 0 Å². The third-order valence-corrected chi connectivity index (χ3v) is 4.10. The molecule has 0 bridgehead atoms. The Balaban J connectivity index is 2.81. The van der Waals surface area contributed by atoms with Gasteiger partial charge < -0.3 is 0 Å². The zero-order chi connectivity index (χ0) is 9.19. The summed E-state index contributed by atoms with van der Waals surface area (Å²) in [4.78, 5) is 1.48. The van der Waals surface area contributed by atoms with Crippen LogP contribution in [0.3, 0.4) is 0 Å².